The molecule has 6 nitrogen and oxygen atoms in total. The van der Waals surface area contributed by atoms with E-state index in [1.165, 1.54) is 0 Å². The van der Waals surface area contributed by atoms with Gasteiger partial charge >= 0.3 is 0 Å². The van der Waals surface area contributed by atoms with E-state index in [0.717, 1.165) is 24.6 Å². The lowest BCUT2D eigenvalue weighted by molar-refractivity contribution is 0.111. The van der Waals surface area contributed by atoms with E-state index in [2.05, 4.69) is 15.1 Å². The maximum absolute atomic E-state index is 5.45. The molecule has 0 unspecified atom stereocenters. The second-order valence-corrected chi connectivity index (χ2v) is 4.69. The number of aromatic nitrogens is 4. The first-order valence-corrected chi connectivity index (χ1v) is 6.58. The Labute approximate surface area is 116 Å². The predicted octanol–water partition coefficient (Wildman–Crippen LogP) is 0.981. The Kier molecular flexibility index (Phi) is 3.31. The van der Waals surface area contributed by atoms with Crippen LogP contribution in [0.3, 0.4) is 0 Å². The van der Waals surface area contributed by atoms with Gasteiger partial charge < -0.3 is 9.75 Å². The van der Waals surface area contributed by atoms with E-state index in [0.29, 0.717) is 18.0 Å². The monoisotopic (exact) mass is 277 g/mol. The summed E-state index contributed by atoms with van der Waals surface area (Å²) in [6, 6.07) is 5.78. The van der Waals surface area contributed by atoms with Crippen LogP contribution in [0.25, 0.3) is 11.5 Å². The largest absolute Gasteiger partial charge is 0.378 e. The molecular weight excluding hydrogens is 262 g/mol. The number of morpholine rings is 1. The van der Waals surface area contributed by atoms with Crippen molar-refractivity contribution < 1.29 is 4.74 Å². The molecule has 2 aromatic rings. The number of rotatable bonds is 2. The number of nitrogens with zero attached hydrogens (tertiary/aromatic N) is 5. The van der Waals surface area contributed by atoms with Crippen LogP contribution < -0.4 is 5.01 Å². The quantitative estimate of drug-likeness (QED) is 0.766. The number of pyridine rings is 1. The second kappa shape index (κ2) is 5.10. The van der Waals surface area contributed by atoms with E-state index in [1.54, 1.807) is 10.9 Å². The maximum atomic E-state index is 5.45. The van der Waals surface area contributed by atoms with Crippen LogP contribution >= 0.6 is 12.2 Å². The molecule has 0 amide bonds. The molecule has 0 aliphatic carbocycles. The van der Waals surface area contributed by atoms with Gasteiger partial charge in [0, 0.05) is 13.2 Å². The fourth-order valence-electron chi connectivity index (χ4n) is 2.12. The zero-order valence-corrected chi connectivity index (χ0v) is 11.5. The summed E-state index contributed by atoms with van der Waals surface area (Å²) >= 11 is 5.45. The average Bonchev–Trinajstić information content (AvgIpc) is 2.77. The van der Waals surface area contributed by atoms with Crippen molar-refractivity contribution in [3.63, 3.8) is 0 Å². The Bertz CT molecular complexity index is 615. The summed E-state index contributed by atoms with van der Waals surface area (Å²) in [5, 5.41) is 6.64. The Morgan fingerprint density at radius 2 is 2.05 bits per heavy atom. The third kappa shape index (κ3) is 2.26. The van der Waals surface area contributed by atoms with Gasteiger partial charge in [0.15, 0.2) is 5.82 Å². The molecule has 100 valence electrons. The van der Waals surface area contributed by atoms with Gasteiger partial charge in [0.05, 0.1) is 26.3 Å². The summed E-state index contributed by atoms with van der Waals surface area (Å²) in [6.45, 7) is 3.02. The van der Waals surface area contributed by atoms with Crippen molar-refractivity contribution in [2.45, 2.75) is 0 Å². The van der Waals surface area contributed by atoms with Gasteiger partial charge in [-0.2, -0.15) is 0 Å². The fraction of sp³-hybridized carbons (Fsp3) is 0.417. The van der Waals surface area contributed by atoms with Crippen molar-refractivity contribution in [1.29, 1.82) is 0 Å². The number of ether oxygens (including phenoxy) is 1. The highest BCUT2D eigenvalue weighted by atomic mass is 32.1. The fourth-order valence-corrected chi connectivity index (χ4v) is 2.36. The van der Waals surface area contributed by atoms with Gasteiger partial charge in [-0.25, -0.2) is 9.36 Å². The van der Waals surface area contributed by atoms with Crippen LogP contribution in [0.5, 0.6) is 0 Å². The first kappa shape index (κ1) is 12.3. The molecule has 1 fully saturated rings. The number of aryl methyl sites for hydroxylation is 1. The molecule has 0 spiro atoms. The van der Waals surface area contributed by atoms with Crippen LogP contribution in [0.15, 0.2) is 24.4 Å². The molecule has 1 aliphatic heterocycles. The topological polar surface area (TPSA) is 48.1 Å². The molecule has 1 saturated heterocycles. The molecule has 0 aromatic carbocycles. The van der Waals surface area contributed by atoms with Gasteiger partial charge in [0.1, 0.15) is 5.69 Å². The predicted molar refractivity (Wildman–Crippen MR) is 74.0 cm³/mol. The molecule has 0 atom stereocenters. The van der Waals surface area contributed by atoms with Crippen LogP contribution in [0.1, 0.15) is 0 Å². The molecule has 0 N–H and O–H groups in total. The third-order valence-corrected chi connectivity index (χ3v) is 3.50. The Morgan fingerprint density at radius 1 is 1.26 bits per heavy atom. The lowest BCUT2D eigenvalue weighted by atomic mass is 10.3. The van der Waals surface area contributed by atoms with E-state index in [-0.39, 0.29) is 0 Å². The maximum Gasteiger partial charge on any atom is 0.217 e. The SMILES string of the molecule is Cn1nc(-c2ccccn2)n(N2CCOCC2)c1=S. The van der Waals surface area contributed by atoms with Gasteiger partial charge in [-0.1, -0.05) is 6.07 Å². The molecule has 0 bridgehead atoms. The highest BCUT2D eigenvalue weighted by molar-refractivity contribution is 7.71. The summed E-state index contributed by atoms with van der Waals surface area (Å²) < 4.78 is 9.71. The third-order valence-electron chi connectivity index (χ3n) is 3.07. The van der Waals surface area contributed by atoms with E-state index in [4.69, 9.17) is 17.0 Å². The van der Waals surface area contributed by atoms with Crippen LogP contribution in [0.4, 0.5) is 0 Å². The van der Waals surface area contributed by atoms with Crippen molar-refractivity contribution in [1.82, 2.24) is 19.4 Å². The highest BCUT2D eigenvalue weighted by Crippen LogP contribution is 2.16. The molecule has 0 saturated carbocycles. The zero-order chi connectivity index (χ0) is 13.2. The van der Waals surface area contributed by atoms with Crippen molar-refractivity contribution >= 4 is 12.2 Å². The molecule has 3 rings (SSSR count). The van der Waals surface area contributed by atoms with Crippen LogP contribution in [-0.4, -0.2) is 45.7 Å². The summed E-state index contributed by atoms with van der Waals surface area (Å²) in [7, 11) is 1.85. The van der Waals surface area contributed by atoms with Gasteiger partial charge in [0.25, 0.3) is 0 Å². The number of hydrogen-bond donors (Lipinski definition) is 0. The summed E-state index contributed by atoms with van der Waals surface area (Å²) in [5.41, 5.74) is 0.820. The molecular formula is C12H15N5OS. The minimum atomic E-state index is 0.669. The standard InChI is InChI=1S/C12H15N5OS/c1-15-12(19)17(16-6-8-18-9-7-16)11(14-15)10-4-2-3-5-13-10/h2-5H,6-9H2,1H3. The first-order chi connectivity index (χ1) is 9.27. The summed E-state index contributed by atoms with van der Waals surface area (Å²) in [6.07, 6.45) is 1.76. The Hall–Kier alpha value is -1.73. The lowest BCUT2D eigenvalue weighted by Crippen LogP contribution is -2.44. The Balaban J connectivity index is 2.10. The van der Waals surface area contributed by atoms with Crippen LogP contribution in [-0.2, 0) is 11.8 Å². The molecule has 3 heterocycles. The Morgan fingerprint density at radius 3 is 2.74 bits per heavy atom. The molecule has 2 aromatic heterocycles. The van der Waals surface area contributed by atoms with Crippen molar-refractivity contribution in [2.75, 3.05) is 31.3 Å². The average molecular weight is 277 g/mol. The molecule has 7 heteroatoms. The van der Waals surface area contributed by atoms with Crippen LogP contribution in [0, 0.1) is 4.77 Å². The normalized spacial score (nSPS) is 15.7. The lowest BCUT2D eigenvalue weighted by Gasteiger charge is -2.29. The van der Waals surface area contributed by atoms with Crippen LogP contribution in [0.2, 0.25) is 0 Å². The minimum Gasteiger partial charge on any atom is -0.378 e. The molecule has 1 aliphatic rings. The van der Waals surface area contributed by atoms with Crippen molar-refractivity contribution in [3.8, 4) is 11.5 Å². The zero-order valence-electron chi connectivity index (χ0n) is 10.7. The van der Waals surface area contributed by atoms with E-state index >= 15 is 0 Å². The highest BCUT2D eigenvalue weighted by Gasteiger charge is 2.19. The van der Waals surface area contributed by atoms with Crippen molar-refractivity contribution in [3.05, 3.63) is 29.2 Å². The second-order valence-electron chi connectivity index (χ2n) is 4.32. The molecule has 19 heavy (non-hydrogen) atoms. The van der Waals surface area contributed by atoms with Gasteiger partial charge in [-0.3, -0.25) is 4.98 Å². The number of hydrogen-bond acceptors (Lipinski definition) is 5. The van der Waals surface area contributed by atoms with E-state index in [1.807, 2.05) is 29.9 Å². The van der Waals surface area contributed by atoms with E-state index in [9.17, 15) is 0 Å². The summed E-state index contributed by atoms with van der Waals surface area (Å²) in [5.74, 6) is 0.773. The van der Waals surface area contributed by atoms with Crippen molar-refractivity contribution in [2.24, 2.45) is 7.05 Å². The smallest absolute Gasteiger partial charge is 0.217 e. The van der Waals surface area contributed by atoms with E-state index < -0.39 is 0 Å². The van der Waals surface area contributed by atoms with Gasteiger partial charge in [0.2, 0.25) is 4.77 Å². The first-order valence-electron chi connectivity index (χ1n) is 6.18. The van der Waals surface area contributed by atoms with Gasteiger partial charge in [-0.15, -0.1) is 5.10 Å². The minimum absolute atomic E-state index is 0.669. The van der Waals surface area contributed by atoms with Gasteiger partial charge in [-0.05, 0) is 24.4 Å². The summed E-state index contributed by atoms with van der Waals surface area (Å²) in [4.78, 5) is 4.36. The molecule has 0 radical (unpaired) electrons.